The summed E-state index contributed by atoms with van der Waals surface area (Å²) < 4.78 is 55.1. The zero-order chi connectivity index (χ0) is 34.6. The molecule has 3 amide bonds. The van der Waals surface area contributed by atoms with Crippen LogP contribution < -0.4 is 5.73 Å². The normalized spacial score (nSPS) is 14.2. The number of hydrogen-bond donors (Lipinski definition) is 2. The van der Waals surface area contributed by atoms with Gasteiger partial charge in [-0.05, 0) is 53.7 Å². The number of aryl methyl sites for hydroxylation is 2. The fourth-order valence-corrected chi connectivity index (χ4v) is 2.64. The second kappa shape index (κ2) is 12.4. The van der Waals surface area contributed by atoms with E-state index in [0.717, 1.165) is 6.07 Å². The SMILES string of the molecule is [2H]C([2H])([2H])n1nc(CN(C)C(=O)OC(C)(C)C)cc1C(=O)O.[2H]C([2H])([2H])n1nc(CN(C)C(=O)OC(C)(C)C)cc1C(N)=O. The van der Waals surface area contributed by atoms with Crippen molar-refractivity contribution < 1.29 is 42.0 Å². The number of carbonyl (C=O) groups excluding carboxylic acids is 3. The number of nitrogens with two attached hydrogens (primary N) is 1. The van der Waals surface area contributed by atoms with Crippen LogP contribution in [0.2, 0.25) is 0 Å². The number of carboxylic acid groups (broad SMARTS) is 1. The van der Waals surface area contributed by atoms with Crippen LogP contribution in [0.3, 0.4) is 0 Å². The molecule has 2 rings (SSSR count). The Bertz CT molecular complexity index is 1250. The topological polar surface area (TPSA) is 175 Å². The molecule has 0 fully saturated rings. The van der Waals surface area contributed by atoms with Crippen molar-refractivity contribution in [2.45, 2.75) is 65.8 Å². The number of aromatic carboxylic acids is 1. The third-order valence-electron chi connectivity index (χ3n) is 4.20. The van der Waals surface area contributed by atoms with Crippen LogP contribution in [-0.2, 0) is 36.5 Å². The van der Waals surface area contributed by atoms with E-state index in [4.69, 9.17) is 28.5 Å². The predicted molar refractivity (Wildman–Crippen MR) is 137 cm³/mol. The summed E-state index contributed by atoms with van der Waals surface area (Å²) in [5.74, 6) is -2.32. The molecule has 0 saturated heterocycles. The molecule has 0 unspecified atom stereocenters. The van der Waals surface area contributed by atoms with E-state index in [2.05, 4.69) is 10.2 Å². The van der Waals surface area contributed by atoms with Crippen LogP contribution in [0, 0.1) is 0 Å². The quantitative estimate of drug-likeness (QED) is 0.554. The van der Waals surface area contributed by atoms with Gasteiger partial charge in [0.15, 0.2) is 0 Å². The van der Waals surface area contributed by atoms with Gasteiger partial charge in [-0.15, -0.1) is 0 Å². The molecule has 14 nitrogen and oxygen atoms in total. The highest BCUT2D eigenvalue weighted by molar-refractivity contribution is 5.91. The lowest BCUT2D eigenvalue weighted by atomic mass is 10.2. The lowest BCUT2D eigenvalue weighted by molar-refractivity contribution is 0.0273. The molecular weight excluding hydrogens is 498 g/mol. The summed E-state index contributed by atoms with van der Waals surface area (Å²) in [7, 11) is 2.93. The maximum atomic E-state index is 11.9. The summed E-state index contributed by atoms with van der Waals surface area (Å²) in [5.41, 5.74) is 3.47. The average molecular weight is 544 g/mol. The van der Waals surface area contributed by atoms with Gasteiger partial charge in [-0.2, -0.15) is 10.2 Å². The number of carboxylic acids is 1. The molecule has 2 aromatic rings. The van der Waals surface area contributed by atoms with Crippen LogP contribution in [-0.4, -0.2) is 83.8 Å². The first-order valence-electron chi connectivity index (χ1n) is 14.2. The Balaban J connectivity index is 0.000000440. The van der Waals surface area contributed by atoms with E-state index in [9.17, 15) is 19.2 Å². The highest BCUT2D eigenvalue weighted by Crippen LogP contribution is 2.13. The number of carbonyl (C=O) groups is 4. The molecule has 0 radical (unpaired) electrons. The average Bonchev–Trinajstić information content (AvgIpc) is 3.42. The molecule has 0 aliphatic carbocycles. The smallest absolute Gasteiger partial charge is 0.410 e. The molecule has 0 aliphatic rings. The molecule has 2 heterocycles. The van der Waals surface area contributed by atoms with Crippen LogP contribution >= 0.6 is 0 Å². The van der Waals surface area contributed by atoms with Crippen LogP contribution in [0.5, 0.6) is 0 Å². The monoisotopic (exact) mass is 543 g/mol. The second-order valence-corrected chi connectivity index (χ2v) is 10.2. The Kier molecular flexibility index (Phi) is 7.54. The van der Waals surface area contributed by atoms with Crippen molar-refractivity contribution >= 4 is 24.1 Å². The number of amides is 3. The Morgan fingerprint density at radius 1 is 0.868 bits per heavy atom. The highest BCUT2D eigenvalue weighted by Gasteiger charge is 2.22. The Labute approximate surface area is 230 Å². The molecular formula is C24H39N7O7. The van der Waals surface area contributed by atoms with Gasteiger partial charge >= 0.3 is 18.2 Å². The van der Waals surface area contributed by atoms with Crippen LogP contribution in [0.4, 0.5) is 9.59 Å². The standard InChI is InChI=1S/C12H20N4O3.C12H19N3O4/c1-12(2,3)19-11(18)15(4)7-8-6-9(10(13)17)16(5)14-8;1-12(2,3)19-11(18)14(4)7-8-6-9(10(16)17)15(5)13-8/h6H,7H2,1-5H3,(H2,13,17);6H,7H2,1-5H3,(H,16,17)/i2*5D3. The molecule has 2 aromatic heterocycles. The number of aromatic nitrogens is 4. The Hall–Kier alpha value is -4.10. The number of primary amides is 1. The first kappa shape index (κ1) is 23.0. The summed E-state index contributed by atoms with van der Waals surface area (Å²) in [5, 5.41) is 16.6. The number of ether oxygens (including phenoxy) is 2. The van der Waals surface area contributed by atoms with E-state index < -0.39 is 54.9 Å². The molecule has 3 N–H and O–H groups in total. The lowest BCUT2D eigenvalue weighted by Gasteiger charge is -2.24. The van der Waals surface area contributed by atoms with Crippen molar-refractivity contribution in [3.05, 3.63) is 34.9 Å². The van der Waals surface area contributed by atoms with E-state index in [1.807, 2.05) is 0 Å². The first-order chi connectivity index (χ1) is 19.6. The second-order valence-electron chi connectivity index (χ2n) is 10.2. The zero-order valence-electron chi connectivity index (χ0n) is 28.7. The van der Waals surface area contributed by atoms with Crippen molar-refractivity contribution in [1.82, 2.24) is 29.4 Å². The van der Waals surface area contributed by atoms with E-state index in [-0.39, 0.29) is 30.2 Å². The Morgan fingerprint density at radius 3 is 1.50 bits per heavy atom. The summed E-state index contributed by atoms with van der Waals surface area (Å²) in [6.45, 7) is 4.90. The third kappa shape index (κ3) is 10.5. The van der Waals surface area contributed by atoms with E-state index in [0.29, 0.717) is 9.36 Å². The number of hydrogen-bond acceptors (Lipinski definition) is 8. The fraction of sp³-hybridized carbons (Fsp3) is 0.583. The van der Waals surface area contributed by atoms with Gasteiger partial charge in [0.05, 0.1) is 24.5 Å². The van der Waals surface area contributed by atoms with Gasteiger partial charge < -0.3 is 30.1 Å². The van der Waals surface area contributed by atoms with Gasteiger partial charge in [0, 0.05) is 36.3 Å². The largest absolute Gasteiger partial charge is 0.477 e. The van der Waals surface area contributed by atoms with Crippen molar-refractivity contribution in [3.63, 3.8) is 0 Å². The van der Waals surface area contributed by atoms with Crippen molar-refractivity contribution in [2.75, 3.05) is 14.1 Å². The minimum Gasteiger partial charge on any atom is -0.477 e. The molecule has 38 heavy (non-hydrogen) atoms. The maximum Gasteiger partial charge on any atom is 0.410 e. The van der Waals surface area contributed by atoms with Crippen molar-refractivity contribution in [2.24, 2.45) is 19.7 Å². The predicted octanol–water partition coefficient (Wildman–Crippen LogP) is 2.37. The summed E-state index contributed by atoms with van der Waals surface area (Å²) >= 11 is 0. The van der Waals surface area contributed by atoms with Gasteiger partial charge in [0.1, 0.15) is 22.6 Å². The molecule has 0 atom stereocenters. The van der Waals surface area contributed by atoms with Gasteiger partial charge in [0.2, 0.25) is 0 Å². The maximum absolute atomic E-state index is 11.9. The lowest BCUT2D eigenvalue weighted by Crippen LogP contribution is -2.33. The number of nitrogens with zero attached hydrogens (tertiary/aromatic N) is 6. The van der Waals surface area contributed by atoms with Crippen molar-refractivity contribution in [1.29, 1.82) is 0 Å². The van der Waals surface area contributed by atoms with Crippen molar-refractivity contribution in [3.8, 4) is 0 Å². The molecule has 0 aromatic carbocycles. The molecule has 14 heteroatoms. The van der Waals surface area contributed by atoms with Crippen LogP contribution in [0.1, 0.15) is 82.1 Å². The third-order valence-corrected chi connectivity index (χ3v) is 4.20. The van der Waals surface area contributed by atoms with E-state index in [1.165, 1.54) is 30.0 Å². The van der Waals surface area contributed by atoms with Crippen LogP contribution in [0.15, 0.2) is 12.1 Å². The minimum atomic E-state index is -2.71. The minimum absolute atomic E-state index is 0.0156. The van der Waals surface area contributed by atoms with E-state index in [1.54, 1.807) is 41.5 Å². The molecule has 212 valence electrons. The van der Waals surface area contributed by atoms with Gasteiger partial charge in [-0.1, -0.05) is 0 Å². The Morgan fingerprint density at radius 2 is 1.24 bits per heavy atom. The summed E-state index contributed by atoms with van der Waals surface area (Å²) in [6, 6.07) is 2.37. The van der Waals surface area contributed by atoms with Gasteiger partial charge in [0.25, 0.3) is 5.91 Å². The summed E-state index contributed by atoms with van der Waals surface area (Å²) in [4.78, 5) is 48.5. The highest BCUT2D eigenvalue weighted by atomic mass is 16.6. The fourth-order valence-electron chi connectivity index (χ4n) is 2.64. The van der Waals surface area contributed by atoms with Crippen LogP contribution in [0.25, 0.3) is 0 Å². The summed E-state index contributed by atoms with van der Waals surface area (Å²) in [6.07, 6.45) is -1.20. The molecule has 0 bridgehead atoms. The number of rotatable bonds is 6. The molecule has 0 aliphatic heterocycles. The first-order valence-corrected chi connectivity index (χ1v) is 11.2. The zero-order valence-corrected chi connectivity index (χ0v) is 22.7. The van der Waals surface area contributed by atoms with Gasteiger partial charge in [-0.25, -0.2) is 14.4 Å². The van der Waals surface area contributed by atoms with E-state index >= 15 is 0 Å². The molecule has 0 saturated carbocycles. The van der Waals surface area contributed by atoms with Gasteiger partial charge in [-0.3, -0.25) is 14.2 Å². The molecule has 0 spiro atoms.